The number of hydrogen-bond donors (Lipinski definition) is 0. The number of fused-ring (bicyclic) bond motifs is 13. The van der Waals surface area contributed by atoms with Crippen LogP contribution in [0.3, 0.4) is 0 Å². The highest BCUT2D eigenvalue weighted by molar-refractivity contribution is 6.28. The van der Waals surface area contributed by atoms with Crippen LogP contribution in [0.5, 0.6) is 0 Å². The van der Waals surface area contributed by atoms with Crippen LogP contribution < -0.4 is 0 Å². The van der Waals surface area contributed by atoms with E-state index in [2.05, 4.69) is 221 Å². The van der Waals surface area contributed by atoms with Crippen LogP contribution in [0.15, 0.2) is 237 Å². The molecule has 0 atom stereocenters. The van der Waals surface area contributed by atoms with Gasteiger partial charge >= 0.3 is 0 Å². The highest BCUT2D eigenvalue weighted by atomic mass is 15.2. The van der Waals surface area contributed by atoms with Gasteiger partial charge in [-0.05, 0) is 78.8 Å². The Morgan fingerprint density at radius 1 is 0.265 bits per heavy atom. The molecule has 3 heterocycles. The van der Waals surface area contributed by atoms with E-state index in [1.165, 1.54) is 43.3 Å². The Bertz CT molecular complexity index is 4260. The minimum atomic E-state index is 0.556. The van der Waals surface area contributed by atoms with E-state index in [9.17, 15) is 0 Å². The number of nitrogens with zero attached hydrogens (tertiary/aromatic N) is 5. The first-order chi connectivity index (χ1) is 33.7. The average Bonchev–Trinajstić information content (AvgIpc) is 3.94. The lowest BCUT2D eigenvalue weighted by Gasteiger charge is -2.16. The van der Waals surface area contributed by atoms with Crippen LogP contribution in [0, 0.1) is 0 Å². The third kappa shape index (κ3) is 5.86. The highest BCUT2D eigenvalue weighted by Crippen LogP contribution is 2.44. The summed E-state index contributed by atoms with van der Waals surface area (Å²) in [6.07, 6.45) is 0. The van der Waals surface area contributed by atoms with Crippen molar-refractivity contribution < 1.29 is 0 Å². The number of para-hydroxylation sites is 2. The van der Waals surface area contributed by atoms with Crippen LogP contribution in [-0.4, -0.2) is 24.1 Å². The van der Waals surface area contributed by atoms with Crippen LogP contribution in [0.1, 0.15) is 0 Å². The Morgan fingerprint density at radius 2 is 0.691 bits per heavy atom. The molecule has 0 amide bonds. The van der Waals surface area contributed by atoms with Gasteiger partial charge in [-0.1, -0.05) is 212 Å². The first-order valence-corrected chi connectivity index (χ1v) is 23.1. The lowest BCUT2D eigenvalue weighted by Crippen LogP contribution is -2.07. The third-order valence-electron chi connectivity index (χ3n) is 13.8. The Morgan fingerprint density at radius 3 is 1.32 bits per heavy atom. The summed E-state index contributed by atoms with van der Waals surface area (Å²) in [5.41, 5.74) is 11.8. The smallest absolute Gasteiger partial charge is 0.238 e. The number of hydrogen-bond acceptors (Lipinski definition) is 3. The van der Waals surface area contributed by atoms with Crippen LogP contribution >= 0.6 is 0 Å². The fourth-order valence-electron chi connectivity index (χ4n) is 10.7. The number of rotatable bonds is 6. The second-order valence-corrected chi connectivity index (χ2v) is 17.5. The second kappa shape index (κ2) is 15.2. The molecule has 316 valence electrons. The predicted octanol–water partition coefficient (Wildman–Crippen LogP) is 16.2. The van der Waals surface area contributed by atoms with Crippen LogP contribution in [0.4, 0.5) is 0 Å². The normalized spacial score (nSPS) is 11.8. The number of aromatic nitrogens is 5. The summed E-state index contributed by atoms with van der Waals surface area (Å²) in [5, 5.41) is 12.1. The zero-order valence-corrected chi connectivity index (χ0v) is 36.8. The van der Waals surface area contributed by atoms with Crippen LogP contribution in [-0.2, 0) is 0 Å². The molecule has 0 N–H and O–H groups in total. The van der Waals surface area contributed by atoms with Gasteiger partial charge in [0.2, 0.25) is 5.95 Å². The molecule has 0 unspecified atom stereocenters. The van der Waals surface area contributed by atoms with E-state index in [1.807, 2.05) is 24.3 Å². The average molecular weight is 866 g/mol. The van der Waals surface area contributed by atoms with E-state index in [0.717, 1.165) is 71.7 Å². The van der Waals surface area contributed by atoms with E-state index in [-0.39, 0.29) is 0 Å². The fraction of sp³-hybridized carbons (Fsp3) is 0. The Labute approximate surface area is 391 Å². The summed E-state index contributed by atoms with van der Waals surface area (Å²) in [6, 6.07) is 84.6. The summed E-state index contributed by atoms with van der Waals surface area (Å²) in [4.78, 5) is 15.9. The van der Waals surface area contributed by atoms with Crippen molar-refractivity contribution in [1.82, 2.24) is 24.1 Å². The van der Waals surface area contributed by atoms with Crippen molar-refractivity contribution >= 4 is 75.9 Å². The molecule has 14 rings (SSSR count). The van der Waals surface area contributed by atoms with Gasteiger partial charge in [0.15, 0.2) is 11.6 Å². The fourth-order valence-corrected chi connectivity index (χ4v) is 10.7. The maximum atomic E-state index is 5.40. The van der Waals surface area contributed by atoms with Crippen molar-refractivity contribution in [2.75, 3.05) is 0 Å². The zero-order valence-electron chi connectivity index (χ0n) is 36.8. The molecule has 0 aliphatic rings. The summed E-state index contributed by atoms with van der Waals surface area (Å²) >= 11 is 0. The predicted molar refractivity (Wildman–Crippen MR) is 283 cm³/mol. The molecule has 14 aromatic rings. The van der Waals surface area contributed by atoms with E-state index >= 15 is 0 Å². The molecule has 0 aliphatic heterocycles. The van der Waals surface area contributed by atoms with Gasteiger partial charge in [0, 0.05) is 38.4 Å². The summed E-state index contributed by atoms with van der Waals surface area (Å²) in [5.74, 6) is 1.77. The van der Waals surface area contributed by atoms with Crippen molar-refractivity contribution in [3.8, 4) is 56.7 Å². The number of benzene rings is 11. The summed E-state index contributed by atoms with van der Waals surface area (Å²) in [6.45, 7) is 0. The Hall–Kier alpha value is -9.19. The van der Waals surface area contributed by atoms with Gasteiger partial charge in [0.25, 0.3) is 0 Å². The summed E-state index contributed by atoms with van der Waals surface area (Å²) < 4.78 is 4.72. The van der Waals surface area contributed by atoms with Gasteiger partial charge in [0.05, 0.1) is 22.1 Å². The molecular weight excluding hydrogens is 827 g/mol. The van der Waals surface area contributed by atoms with Gasteiger partial charge < -0.3 is 4.57 Å². The van der Waals surface area contributed by atoms with Gasteiger partial charge in [-0.25, -0.2) is 4.98 Å². The molecule has 5 nitrogen and oxygen atoms in total. The first-order valence-electron chi connectivity index (χ1n) is 23.1. The SMILES string of the molecule is c1ccc(-c2ccc(-c3nc(-c4ccccc4)nc(-n4c5ccccc5c5ccc6c7ccccc7n(-c7cccc(-c8cccc9c%10ccccc%10c%10ccccc%10c89)c7)c6c54)n3)cc2)cc1. The van der Waals surface area contributed by atoms with Crippen molar-refractivity contribution in [3.63, 3.8) is 0 Å². The van der Waals surface area contributed by atoms with Crippen LogP contribution in [0.25, 0.3) is 133 Å². The lowest BCUT2D eigenvalue weighted by molar-refractivity contribution is 0.953. The maximum absolute atomic E-state index is 5.40. The Kier molecular flexibility index (Phi) is 8.52. The molecular formula is C63H39N5. The van der Waals surface area contributed by atoms with Gasteiger partial charge in [-0.3, -0.25) is 4.57 Å². The second-order valence-electron chi connectivity index (χ2n) is 17.5. The minimum absolute atomic E-state index is 0.556. The molecule has 0 radical (unpaired) electrons. The van der Waals surface area contributed by atoms with E-state index in [1.54, 1.807) is 0 Å². The zero-order chi connectivity index (χ0) is 44.7. The molecule has 0 aliphatic carbocycles. The third-order valence-corrected chi connectivity index (χ3v) is 13.8. The van der Waals surface area contributed by atoms with E-state index < -0.39 is 0 Å². The molecule has 0 bridgehead atoms. The molecule has 0 saturated heterocycles. The van der Waals surface area contributed by atoms with E-state index in [4.69, 9.17) is 15.0 Å². The van der Waals surface area contributed by atoms with Gasteiger partial charge in [-0.15, -0.1) is 0 Å². The van der Waals surface area contributed by atoms with Gasteiger partial charge in [0.1, 0.15) is 0 Å². The topological polar surface area (TPSA) is 48.5 Å². The molecule has 0 fully saturated rings. The molecule has 3 aromatic heterocycles. The van der Waals surface area contributed by atoms with Crippen LogP contribution in [0.2, 0.25) is 0 Å². The van der Waals surface area contributed by atoms with Crippen molar-refractivity contribution in [1.29, 1.82) is 0 Å². The first kappa shape index (κ1) is 38.1. The van der Waals surface area contributed by atoms with Crippen molar-refractivity contribution in [2.24, 2.45) is 0 Å². The maximum Gasteiger partial charge on any atom is 0.238 e. The summed E-state index contributed by atoms with van der Waals surface area (Å²) in [7, 11) is 0. The monoisotopic (exact) mass is 865 g/mol. The van der Waals surface area contributed by atoms with Crippen molar-refractivity contribution in [3.05, 3.63) is 237 Å². The molecule has 5 heteroatoms. The Balaban J connectivity index is 1.04. The molecule has 0 saturated carbocycles. The minimum Gasteiger partial charge on any atom is -0.307 e. The van der Waals surface area contributed by atoms with Crippen molar-refractivity contribution in [2.45, 2.75) is 0 Å². The lowest BCUT2D eigenvalue weighted by atomic mass is 9.89. The molecule has 11 aromatic carbocycles. The van der Waals surface area contributed by atoms with E-state index in [0.29, 0.717) is 17.6 Å². The molecule has 0 spiro atoms. The molecule has 68 heavy (non-hydrogen) atoms. The largest absolute Gasteiger partial charge is 0.307 e. The standard InChI is InChI=1S/C63H39N5/c1-3-17-40(18-4-1)41-33-35-43(36-34-41)62-64-61(42-19-5-2-6-20-42)65-63(66-62)68-57-32-14-12-27-51(57)55-38-37-54-50-26-11-13-31-56(50)67(59(54)60(55)68)45-22-15-21-44(39-45)46-29-16-30-53-49-24-8-7-23-47(49)48-25-9-10-28-52(48)58(46)53/h1-39H. The highest BCUT2D eigenvalue weighted by Gasteiger charge is 2.24. The quantitative estimate of drug-likeness (QED) is 0.156. The van der Waals surface area contributed by atoms with Gasteiger partial charge in [-0.2, -0.15) is 9.97 Å².